The SMILES string of the molecule is COc1cc2c(cc1-c1c(C)noc1C)[nH]c1ccnc(-c3ccc4[nH]ccc4c3)c12. The van der Waals surface area contributed by atoms with Gasteiger partial charge in [-0.15, -0.1) is 0 Å². The van der Waals surface area contributed by atoms with E-state index in [1.54, 1.807) is 7.11 Å². The van der Waals surface area contributed by atoms with Gasteiger partial charge < -0.3 is 19.2 Å². The average Bonchev–Trinajstić information content (AvgIpc) is 3.48. The number of nitrogens with zero attached hydrogens (tertiary/aromatic N) is 2. The van der Waals surface area contributed by atoms with Crippen LogP contribution in [0.4, 0.5) is 0 Å². The van der Waals surface area contributed by atoms with Crippen LogP contribution in [0.25, 0.3) is 55.1 Å². The zero-order valence-electron chi connectivity index (χ0n) is 17.4. The van der Waals surface area contributed by atoms with Crippen LogP contribution < -0.4 is 4.74 Å². The molecule has 2 aromatic carbocycles. The third kappa shape index (κ3) is 2.58. The highest BCUT2D eigenvalue weighted by atomic mass is 16.5. The largest absolute Gasteiger partial charge is 0.496 e. The Morgan fingerprint density at radius 2 is 1.87 bits per heavy atom. The van der Waals surface area contributed by atoms with Crippen molar-refractivity contribution in [3.05, 3.63) is 66.3 Å². The van der Waals surface area contributed by atoms with E-state index in [1.807, 2.05) is 32.3 Å². The maximum Gasteiger partial charge on any atom is 0.141 e. The Kier molecular flexibility index (Phi) is 3.71. The van der Waals surface area contributed by atoms with Gasteiger partial charge in [-0.1, -0.05) is 11.2 Å². The van der Waals surface area contributed by atoms with Crippen LogP contribution in [0.1, 0.15) is 11.5 Å². The number of aromatic amines is 2. The monoisotopic (exact) mass is 408 g/mol. The van der Waals surface area contributed by atoms with Crippen molar-refractivity contribution in [3.8, 4) is 28.1 Å². The smallest absolute Gasteiger partial charge is 0.141 e. The lowest BCUT2D eigenvalue weighted by Gasteiger charge is -2.09. The van der Waals surface area contributed by atoms with Gasteiger partial charge in [-0.3, -0.25) is 4.98 Å². The van der Waals surface area contributed by atoms with Crippen molar-refractivity contribution in [2.75, 3.05) is 7.11 Å². The van der Waals surface area contributed by atoms with Crippen molar-refractivity contribution >= 4 is 32.7 Å². The van der Waals surface area contributed by atoms with Crippen molar-refractivity contribution in [1.29, 1.82) is 0 Å². The van der Waals surface area contributed by atoms with E-state index in [0.29, 0.717) is 0 Å². The Morgan fingerprint density at radius 3 is 2.68 bits per heavy atom. The number of methoxy groups -OCH3 is 1. The number of H-pyrrole nitrogens is 2. The van der Waals surface area contributed by atoms with Crippen LogP contribution in [0, 0.1) is 13.8 Å². The molecule has 0 bridgehead atoms. The quantitative estimate of drug-likeness (QED) is 0.368. The lowest BCUT2D eigenvalue weighted by Crippen LogP contribution is -1.90. The van der Waals surface area contributed by atoms with Gasteiger partial charge in [0.25, 0.3) is 0 Å². The topological polar surface area (TPSA) is 79.7 Å². The van der Waals surface area contributed by atoms with Crippen LogP contribution in [0.2, 0.25) is 0 Å². The molecule has 4 heterocycles. The van der Waals surface area contributed by atoms with E-state index in [4.69, 9.17) is 14.2 Å². The fourth-order valence-electron chi connectivity index (χ4n) is 4.52. The summed E-state index contributed by atoms with van der Waals surface area (Å²) < 4.78 is 11.2. The number of ether oxygens (including phenoxy) is 1. The second-order valence-electron chi connectivity index (χ2n) is 7.78. The van der Waals surface area contributed by atoms with E-state index in [-0.39, 0.29) is 0 Å². The maximum atomic E-state index is 5.79. The molecule has 0 saturated carbocycles. The molecule has 4 aromatic heterocycles. The second-order valence-corrected chi connectivity index (χ2v) is 7.78. The standard InChI is InChI=1S/C25H20N4O2/c1-13-23(14(2)31-29-13)18-11-21-17(12-22(18)30-3)24-20(28-21)7-9-27-25(24)16-4-5-19-15(10-16)6-8-26-19/h4-12,26,28H,1-3H3. The molecule has 6 nitrogen and oxygen atoms in total. The first kappa shape index (κ1) is 17.8. The number of nitrogens with one attached hydrogen (secondary N) is 2. The molecule has 6 heteroatoms. The van der Waals surface area contributed by atoms with Crippen LogP contribution in [0.15, 0.2) is 59.4 Å². The van der Waals surface area contributed by atoms with E-state index in [0.717, 1.165) is 72.3 Å². The Labute approximate surface area is 177 Å². The summed E-state index contributed by atoms with van der Waals surface area (Å²) in [6.45, 7) is 3.86. The fraction of sp³-hybridized carbons (Fsp3) is 0.120. The zero-order valence-corrected chi connectivity index (χ0v) is 17.4. The fourth-order valence-corrected chi connectivity index (χ4v) is 4.52. The van der Waals surface area contributed by atoms with Gasteiger partial charge in [0.2, 0.25) is 0 Å². The molecule has 152 valence electrons. The molecule has 0 radical (unpaired) electrons. The molecule has 0 aliphatic carbocycles. The predicted octanol–water partition coefficient (Wildman–Crippen LogP) is 6.14. The third-order valence-corrected chi connectivity index (χ3v) is 5.96. The van der Waals surface area contributed by atoms with Gasteiger partial charge in [-0.2, -0.15) is 0 Å². The van der Waals surface area contributed by atoms with Gasteiger partial charge >= 0.3 is 0 Å². The van der Waals surface area contributed by atoms with E-state index in [2.05, 4.69) is 51.5 Å². The van der Waals surface area contributed by atoms with Crippen molar-refractivity contribution in [2.45, 2.75) is 13.8 Å². The predicted molar refractivity (Wildman–Crippen MR) is 122 cm³/mol. The minimum atomic E-state index is 0.772. The molecule has 2 N–H and O–H groups in total. The molecule has 6 aromatic rings. The van der Waals surface area contributed by atoms with E-state index in [1.165, 1.54) is 0 Å². The Balaban J connectivity index is 1.65. The number of rotatable bonds is 3. The molecule has 0 saturated heterocycles. The molecule has 0 unspecified atom stereocenters. The van der Waals surface area contributed by atoms with Crippen molar-refractivity contribution < 1.29 is 9.26 Å². The van der Waals surface area contributed by atoms with Crippen LogP contribution in [-0.2, 0) is 0 Å². The van der Waals surface area contributed by atoms with Gasteiger partial charge in [0.15, 0.2) is 0 Å². The first-order valence-corrected chi connectivity index (χ1v) is 10.1. The summed E-state index contributed by atoms with van der Waals surface area (Å²) in [6, 6.07) is 14.6. The second kappa shape index (κ2) is 6.47. The first-order valence-electron chi connectivity index (χ1n) is 10.1. The minimum Gasteiger partial charge on any atom is -0.496 e. The van der Waals surface area contributed by atoms with E-state index >= 15 is 0 Å². The van der Waals surface area contributed by atoms with Gasteiger partial charge in [-0.05, 0) is 50.2 Å². The van der Waals surface area contributed by atoms with Crippen LogP contribution in [-0.4, -0.2) is 27.2 Å². The molecule has 0 spiro atoms. The lowest BCUT2D eigenvalue weighted by atomic mass is 9.99. The molecule has 6 rings (SSSR count). The summed E-state index contributed by atoms with van der Waals surface area (Å²) in [4.78, 5) is 11.6. The normalized spacial score (nSPS) is 11.7. The van der Waals surface area contributed by atoms with Crippen LogP contribution >= 0.6 is 0 Å². The summed E-state index contributed by atoms with van der Waals surface area (Å²) in [5.74, 6) is 1.55. The number of hydrogen-bond acceptors (Lipinski definition) is 4. The maximum absolute atomic E-state index is 5.79. The highest BCUT2D eigenvalue weighted by Crippen LogP contribution is 2.41. The summed E-state index contributed by atoms with van der Waals surface area (Å²) in [6.07, 6.45) is 3.80. The highest BCUT2D eigenvalue weighted by Gasteiger charge is 2.20. The molecule has 0 aliphatic rings. The van der Waals surface area contributed by atoms with Crippen molar-refractivity contribution in [2.24, 2.45) is 0 Å². The zero-order chi connectivity index (χ0) is 21.1. The Bertz CT molecular complexity index is 1580. The van der Waals surface area contributed by atoms with Crippen molar-refractivity contribution in [1.82, 2.24) is 20.1 Å². The lowest BCUT2D eigenvalue weighted by molar-refractivity contribution is 0.393. The van der Waals surface area contributed by atoms with Gasteiger partial charge in [0, 0.05) is 50.7 Å². The molecule has 0 atom stereocenters. The summed E-state index contributed by atoms with van der Waals surface area (Å²) in [5.41, 5.74) is 7.95. The molecule has 0 amide bonds. The van der Waals surface area contributed by atoms with Gasteiger partial charge in [0.1, 0.15) is 11.5 Å². The average molecular weight is 408 g/mol. The number of pyridine rings is 1. The van der Waals surface area contributed by atoms with Crippen LogP contribution in [0.3, 0.4) is 0 Å². The van der Waals surface area contributed by atoms with Crippen LogP contribution in [0.5, 0.6) is 5.75 Å². The van der Waals surface area contributed by atoms with E-state index < -0.39 is 0 Å². The minimum absolute atomic E-state index is 0.772. The molecule has 0 aliphatic heterocycles. The first-order chi connectivity index (χ1) is 15.1. The number of benzene rings is 2. The molecule has 0 fully saturated rings. The Hall–Kier alpha value is -4.06. The summed E-state index contributed by atoms with van der Waals surface area (Å²) in [5, 5.41) is 7.42. The van der Waals surface area contributed by atoms with E-state index in [9.17, 15) is 0 Å². The molecular weight excluding hydrogens is 388 g/mol. The van der Waals surface area contributed by atoms with Crippen molar-refractivity contribution in [3.63, 3.8) is 0 Å². The Morgan fingerprint density at radius 1 is 0.968 bits per heavy atom. The van der Waals surface area contributed by atoms with Gasteiger partial charge in [0.05, 0.1) is 29.6 Å². The summed E-state index contributed by atoms with van der Waals surface area (Å²) in [7, 11) is 1.69. The third-order valence-electron chi connectivity index (χ3n) is 5.96. The van der Waals surface area contributed by atoms with Gasteiger partial charge in [-0.25, -0.2) is 0 Å². The number of hydrogen-bond donors (Lipinski definition) is 2. The number of aromatic nitrogens is 4. The molecular formula is C25H20N4O2. The number of aryl methyl sites for hydroxylation is 2. The highest BCUT2D eigenvalue weighted by molar-refractivity contribution is 6.15. The number of fused-ring (bicyclic) bond motifs is 4. The summed E-state index contributed by atoms with van der Waals surface area (Å²) >= 11 is 0. The molecule has 31 heavy (non-hydrogen) atoms.